The fraction of sp³-hybridized carbons (Fsp3) is 0.143. The van der Waals surface area contributed by atoms with Crippen molar-refractivity contribution >= 4 is 11.9 Å². The fourth-order valence-corrected chi connectivity index (χ4v) is 0.647. The smallest absolute Gasteiger partial charge is 0.292 e. The number of amides is 1. The van der Waals surface area contributed by atoms with Gasteiger partial charge in [-0.15, -0.1) is 6.58 Å². The molecule has 5 heteroatoms. The lowest BCUT2D eigenvalue weighted by Crippen LogP contribution is -2.23. The molecule has 0 bridgehead atoms. The number of nitrogens with two attached hydrogens (primary N) is 1. The van der Waals surface area contributed by atoms with Gasteiger partial charge in [0, 0.05) is 6.54 Å². The molecule has 1 heterocycles. The van der Waals surface area contributed by atoms with Gasteiger partial charge in [-0.25, -0.2) is 0 Å². The van der Waals surface area contributed by atoms with E-state index in [0.717, 1.165) is 0 Å². The molecular weight excluding hydrogens is 158 g/mol. The molecule has 1 aromatic rings. The van der Waals surface area contributed by atoms with Gasteiger partial charge in [0.25, 0.3) is 11.9 Å². The van der Waals surface area contributed by atoms with E-state index in [4.69, 9.17) is 5.73 Å². The monoisotopic (exact) mass is 167 g/mol. The number of rotatable bonds is 3. The van der Waals surface area contributed by atoms with Crippen LogP contribution in [0.15, 0.2) is 23.3 Å². The van der Waals surface area contributed by atoms with Crippen LogP contribution in [0, 0.1) is 0 Å². The van der Waals surface area contributed by atoms with Crippen molar-refractivity contribution < 1.29 is 9.21 Å². The van der Waals surface area contributed by atoms with Crippen LogP contribution in [0.3, 0.4) is 0 Å². The molecule has 1 rings (SSSR count). The minimum atomic E-state index is -0.324. The van der Waals surface area contributed by atoms with Gasteiger partial charge in [0.2, 0.25) is 0 Å². The lowest BCUT2D eigenvalue weighted by Gasteiger charge is -1.95. The first-order valence-corrected chi connectivity index (χ1v) is 3.34. The number of carbonyl (C=O) groups is 1. The molecule has 0 aliphatic heterocycles. The van der Waals surface area contributed by atoms with E-state index in [9.17, 15) is 4.79 Å². The average Bonchev–Trinajstić information content (AvgIpc) is 2.47. The van der Waals surface area contributed by atoms with E-state index in [1.807, 2.05) is 0 Å². The Kier molecular flexibility index (Phi) is 2.47. The molecule has 1 aromatic heterocycles. The summed E-state index contributed by atoms with van der Waals surface area (Å²) in [6, 6.07) is -0.0150. The summed E-state index contributed by atoms with van der Waals surface area (Å²) in [5.74, 6) is -0.324. The Bertz CT molecular complexity index is 293. The van der Waals surface area contributed by atoms with Crippen LogP contribution in [0.5, 0.6) is 0 Å². The quantitative estimate of drug-likeness (QED) is 0.629. The van der Waals surface area contributed by atoms with Crippen molar-refractivity contribution in [3.63, 3.8) is 0 Å². The number of oxazole rings is 1. The number of nitrogens with one attached hydrogen (secondary N) is 1. The Balaban J connectivity index is 2.59. The highest BCUT2D eigenvalue weighted by molar-refractivity contribution is 5.92. The minimum absolute atomic E-state index is 0.0150. The molecule has 0 aromatic carbocycles. The number of aromatic nitrogens is 1. The summed E-state index contributed by atoms with van der Waals surface area (Å²) in [6.07, 6.45) is 2.77. The van der Waals surface area contributed by atoms with Crippen molar-refractivity contribution in [3.05, 3.63) is 24.6 Å². The van der Waals surface area contributed by atoms with Crippen molar-refractivity contribution in [1.82, 2.24) is 10.3 Å². The standard InChI is InChI=1S/C7H9N3O2/c1-2-3-9-6(11)5-4-12-7(8)10-5/h2,4H,1,3H2,(H2,8,10)(H,9,11). The molecule has 1 amide bonds. The molecule has 0 spiro atoms. The molecule has 12 heavy (non-hydrogen) atoms. The third kappa shape index (κ3) is 1.85. The first-order chi connectivity index (χ1) is 5.74. The molecule has 0 fully saturated rings. The zero-order valence-electron chi connectivity index (χ0n) is 6.41. The third-order valence-corrected chi connectivity index (χ3v) is 1.16. The number of carbonyl (C=O) groups excluding carboxylic acids is 1. The fourth-order valence-electron chi connectivity index (χ4n) is 0.647. The summed E-state index contributed by atoms with van der Waals surface area (Å²) in [6.45, 7) is 3.84. The number of nitrogens with zero attached hydrogens (tertiary/aromatic N) is 1. The van der Waals surface area contributed by atoms with Gasteiger partial charge in [0.1, 0.15) is 6.26 Å². The Morgan fingerprint density at radius 2 is 2.67 bits per heavy atom. The molecule has 0 aliphatic rings. The molecule has 0 radical (unpaired) electrons. The number of nitrogen functional groups attached to an aromatic ring is 1. The van der Waals surface area contributed by atoms with E-state index < -0.39 is 0 Å². The molecule has 0 unspecified atom stereocenters. The van der Waals surface area contributed by atoms with Gasteiger partial charge in [-0.2, -0.15) is 4.98 Å². The van der Waals surface area contributed by atoms with Crippen LogP contribution < -0.4 is 11.1 Å². The van der Waals surface area contributed by atoms with Crippen molar-refractivity contribution in [3.8, 4) is 0 Å². The van der Waals surface area contributed by atoms with E-state index in [-0.39, 0.29) is 17.6 Å². The molecule has 3 N–H and O–H groups in total. The lowest BCUT2D eigenvalue weighted by atomic mass is 10.4. The molecule has 64 valence electrons. The van der Waals surface area contributed by atoms with E-state index in [0.29, 0.717) is 6.54 Å². The van der Waals surface area contributed by atoms with Crippen molar-refractivity contribution in [2.75, 3.05) is 12.3 Å². The summed E-state index contributed by atoms with van der Waals surface area (Å²) >= 11 is 0. The van der Waals surface area contributed by atoms with Crippen LogP contribution in [0.2, 0.25) is 0 Å². The predicted molar refractivity (Wildman–Crippen MR) is 43.4 cm³/mol. The maximum atomic E-state index is 11.1. The Morgan fingerprint density at radius 1 is 1.92 bits per heavy atom. The average molecular weight is 167 g/mol. The van der Waals surface area contributed by atoms with E-state index in [1.165, 1.54) is 6.26 Å². The number of hydrogen-bond acceptors (Lipinski definition) is 4. The molecule has 0 saturated heterocycles. The summed E-state index contributed by atoms with van der Waals surface area (Å²) in [7, 11) is 0. The summed E-state index contributed by atoms with van der Waals surface area (Å²) in [5.41, 5.74) is 5.34. The van der Waals surface area contributed by atoms with Crippen molar-refractivity contribution in [2.45, 2.75) is 0 Å². The molecule has 0 aliphatic carbocycles. The van der Waals surface area contributed by atoms with Gasteiger partial charge >= 0.3 is 0 Å². The second kappa shape index (κ2) is 3.56. The first kappa shape index (κ1) is 8.32. The van der Waals surface area contributed by atoms with Crippen LogP contribution >= 0.6 is 0 Å². The minimum Gasteiger partial charge on any atom is -0.431 e. The highest BCUT2D eigenvalue weighted by Gasteiger charge is 2.08. The van der Waals surface area contributed by atoms with Crippen LogP contribution in [0.1, 0.15) is 10.5 Å². The number of hydrogen-bond donors (Lipinski definition) is 2. The Labute approximate surface area is 69.3 Å². The van der Waals surface area contributed by atoms with Crippen molar-refractivity contribution in [1.29, 1.82) is 0 Å². The largest absolute Gasteiger partial charge is 0.431 e. The maximum absolute atomic E-state index is 11.1. The van der Waals surface area contributed by atoms with Gasteiger partial charge < -0.3 is 15.5 Å². The molecule has 0 saturated carbocycles. The van der Waals surface area contributed by atoms with E-state index >= 15 is 0 Å². The first-order valence-electron chi connectivity index (χ1n) is 3.34. The third-order valence-electron chi connectivity index (χ3n) is 1.16. The molecule has 5 nitrogen and oxygen atoms in total. The Hall–Kier alpha value is -1.78. The SMILES string of the molecule is C=CCNC(=O)c1coc(N)n1. The molecular formula is C7H9N3O2. The highest BCUT2D eigenvalue weighted by atomic mass is 16.4. The highest BCUT2D eigenvalue weighted by Crippen LogP contribution is 2.01. The van der Waals surface area contributed by atoms with Gasteiger partial charge in [0.05, 0.1) is 0 Å². The second-order valence-electron chi connectivity index (χ2n) is 2.07. The zero-order valence-corrected chi connectivity index (χ0v) is 6.41. The van der Waals surface area contributed by atoms with Crippen LogP contribution in [0.25, 0.3) is 0 Å². The van der Waals surface area contributed by atoms with Crippen LogP contribution in [0.4, 0.5) is 6.01 Å². The van der Waals surface area contributed by atoms with Crippen LogP contribution in [-0.2, 0) is 0 Å². The van der Waals surface area contributed by atoms with Crippen molar-refractivity contribution in [2.24, 2.45) is 0 Å². The molecule has 0 atom stereocenters. The Morgan fingerprint density at radius 3 is 3.17 bits per heavy atom. The van der Waals surface area contributed by atoms with E-state index in [2.05, 4.69) is 21.3 Å². The second-order valence-corrected chi connectivity index (χ2v) is 2.07. The summed E-state index contributed by atoms with van der Waals surface area (Å²) in [5, 5.41) is 2.53. The number of anilines is 1. The van der Waals surface area contributed by atoms with Gasteiger partial charge in [0.15, 0.2) is 5.69 Å². The zero-order chi connectivity index (χ0) is 8.97. The summed E-state index contributed by atoms with van der Waals surface area (Å²) in [4.78, 5) is 14.7. The van der Waals surface area contributed by atoms with Crippen LogP contribution in [-0.4, -0.2) is 17.4 Å². The normalized spacial score (nSPS) is 9.33. The predicted octanol–water partition coefficient (Wildman–Crippen LogP) is 0.173. The maximum Gasteiger partial charge on any atom is 0.292 e. The van der Waals surface area contributed by atoms with Gasteiger partial charge in [-0.3, -0.25) is 4.79 Å². The van der Waals surface area contributed by atoms with E-state index in [1.54, 1.807) is 6.08 Å². The van der Waals surface area contributed by atoms with Gasteiger partial charge in [-0.05, 0) is 0 Å². The lowest BCUT2D eigenvalue weighted by molar-refractivity contribution is 0.0953. The van der Waals surface area contributed by atoms with Gasteiger partial charge in [-0.1, -0.05) is 6.08 Å². The topological polar surface area (TPSA) is 81.2 Å². The summed E-state index contributed by atoms with van der Waals surface area (Å²) < 4.78 is 4.65.